The van der Waals surface area contributed by atoms with Crippen molar-refractivity contribution >= 4 is 19.6 Å². The zero-order valence-electron chi connectivity index (χ0n) is 16.2. The van der Waals surface area contributed by atoms with E-state index in [2.05, 4.69) is 43.9 Å². The van der Waals surface area contributed by atoms with Crippen molar-refractivity contribution in [3.8, 4) is 0 Å². The fourth-order valence-electron chi connectivity index (χ4n) is 2.43. The van der Waals surface area contributed by atoms with E-state index < -0.39 is 8.07 Å². The highest BCUT2D eigenvalue weighted by molar-refractivity contribution is 6.76. The number of carbonyl (C=O) groups is 1. The molecule has 0 amide bonds. The molecule has 2 nitrogen and oxygen atoms in total. The normalized spacial score (nSPS) is 11.8. The molecule has 0 saturated carbocycles. The second kappa shape index (κ2) is 9.34. The number of carbonyl (C=O) groups excluding carboxylic acids is 1. The smallest absolute Gasteiger partial charge is 0.333 e. The van der Waals surface area contributed by atoms with Gasteiger partial charge in [-0.2, -0.15) is 0 Å². The first-order valence-electron chi connectivity index (χ1n) is 9.03. The minimum Gasteiger partial charge on any atom is -0.463 e. The van der Waals surface area contributed by atoms with Crippen LogP contribution in [0.2, 0.25) is 25.7 Å². The number of hydrogen-bond donors (Lipinski definition) is 0. The lowest BCUT2D eigenvalue weighted by Gasteiger charge is -2.15. The van der Waals surface area contributed by atoms with Gasteiger partial charge >= 0.3 is 5.97 Å². The molecule has 0 aliphatic heterocycles. The molecule has 0 N–H and O–H groups in total. The molecular weight excluding hydrogens is 336 g/mol. The second-order valence-electron chi connectivity index (χ2n) is 7.61. The highest BCUT2D eigenvalue weighted by atomic mass is 28.3. The standard InChI is InChI=1S/C23H28O2Si/c1-19(23(24)25-17-18-26(2,3)4)15-16-22(20-11-7-5-8-12-20)21-13-9-6-10-14-21/h5-16H,17-18H2,1-4H3/b19-15-. The molecule has 0 spiro atoms. The monoisotopic (exact) mass is 364 g/mol. The summed E-state index contributed by atoms with van der Waals surface area (Å²) in [7, 11) is -1.19. The molecule has 2 aromatic rings. The van der Waals surface area contributed by atoms with Crippen LogP contribution in [0.3, 0.4) is 0 Å². The predicted molar refractivity (Wildman–Crippen MR) is 113 cm³/mol. The zero-order chi connectivity index (χ0) is 19.0. The average molecular weight is 365 g/mol. The van der Waals surface area contributed by atoms with Gasteiger partial charge in [0.25, 0.3) is 0 Å². The number of allylic oxidation sites excluding steroid dienone is 2. The maximum Gasteiger partial charge on any atom is 0.333 e. The van der Waals surface area contributed by atoms with Crippen LogP contribution in [0.4, 0.5) is 0 Å². The van der Waals surface area contributed by atoms with E-state index in [9.17, 15) is 4.79 Å². The minimum absolute atomic E-state index is 0.236. The van der Waals surface area contributed by atoms with Crippen LogP contribution in [0.5, 0.6) is 0 Å². The Morgan fingerprint density at radius 2 is 1.38 bits per heavy atom. The largest absolute Gasteiger partial charge is 0.463 e. The van der Waals surface area contributed by atoms with Crippen LogP contribution in [0.25, 0.3) is 5.57 Å². The summed E-state index contributed by atoms with van der Waals surface area (Å²) in [5, 5.41) is 0. The van der Waals surface area contributed by atoms with Crippen LogP contribution in [0.1, 0.15) is 18.1 Å². The van der Waals surface area contributed by atoms with Gasteiger partial charge in [0.05, 0.1) is 6.61 Å². The van der Waals surface area contributed by atoms with Crippen LogP contribution in [-0.4, -0.2) is 20.7 Å². The van der Waals surface area contributed by atoms with Gasteiger partial charge in [0.15, 0.2) is 0 Å². The molecule has 0 fully saturated rings. The topological polar surface area (TPSA) is 26.3 Å². The summed E-state index contributed by atoms with van der Waals surface area (Å²) in [6, 6.07) is 21.4. The van der Waals surface area contributed by atoms with Crippen molar-refractivity contribution in [3.05, 3.63) is 89.5 Å². The molecular formula is C23H28O2Si. The minimum atomic E-state index is -1.19. The third-order valence-electron chi connectivity index (χ3n) is 4.08. The quantitative estimate of drug-likeness (QED) is 0.263. The first-order chi connectivity index (χ1) is 12.4. The van der Waals surface area contributed by atoms with E-state index >= 15 is 0 Å². The van der Waals surface area contributed by atoms with Crippen LogP contribution in [0, 0.1) is 0 Å². The second-order valence-corrected chi connectivity index (χ2v) is 13.2. The Morgan fingerprint density at radius 3 is 1.85 bits per heavy atom. The third kappa shape index (κ3) is 6.49. The maximum atomic E-state index is 12.2. The molecule has 0 radical (unpaired) electrons. The van der Waals surface area contributed by atoms with Crippen molar-refractivity contribution in [1.82, 2.24) is 0 Å². The lowest BCUT2D eigenvalue weighted by molar-refractivity contribution is -0.138. The molecule has 0 saturated heterocycles. The molecule has 0 aromatic heterocycles. The number of rotatable bonds is 7. The van der Waals surface area contributed by atoms with Gasteiger partial charge in [0, 0.05) is 13.6 Å². The van der Waals surface area contributed by atoms with Crippen LogP contribution in [-0.2, 0) is 9.53 Å². The SMILES string of the molecule is C/C(=C/C=C(c1ccccc1)c1ccccc1)C(=O)OCC[Si](C)(C)C. The average Bonchev–Trinajstić information content (AvgIpc) is 2.62. The summed E-state index contributed by atoms with van der Waals surface area (Å²) in [6.45, 7) is 9.14. The van der Waals surface area contributed by atoms with E-state index in [-0.39, 0.29) is 5.97 Å². The Morgan fingerprint density at radius 1 is 0.885 bits per heavy atom. The van der Waals surface area contributed by atoms with Gasteiger partial charge in [-0.3, -0.25) is 0 Å². The Labute approximate surface area is 158 Å². The van der Waals surface area contributed by atoms with Gasteiger partial charge < -0.3 is 4.74 Å². The summed E-state index contributed by atoms with van der Waals surface area (Å²) in [6.07, 6.45) is 3.85. The fourth-order valence-corrected chi connectivity index (χ4v) is 3.15. The van der Waals surface area contributed by atoms with E-state index in [4.69, 9.17) is 4.74 Å². The number of ether oxygens (including phenoxy) is 1. The predicted octanol–water partition coefficient (Wildman–Crippen LogP) is 5.95. The number of benzene rings is 2. The van der Waals surface area contributed by atoms with E-state index in [1.807, 2.05) is 48.6 Å². The molecule has 136 valence electrons. The van der Waals surface area contributed by atoms with E-state index in [1.54, 1.807) is 6.92 Å². The summed E-state index contributed by atoms with van der Waals surface area (Å²) >= 11 is 0. The lowest BCUT2D eigenvalue weighted by Crippen LogP contribution is -2.22. The van der Waals surface area contributed by atoms with Gasteiger partial charge in [-0.25, -0.2) is 4.79 Å². The van der Waals surface area contributed by atoms with Crippen molar-refractivity contribution in [2.75, 3.05) is 6.61 Å². The molecule has 0 aliphatic rings. The highest BCUT2D eigenvalue weighted by Gasteiger charge is 2.14. The van der Waals surface area contributed by atoms with E-state index in [1.165, 1.54) is 0 Å². The number of hydrogen-bond acceptors (Lipinski definition) is 2. The summed E-state index contributed by atoms with van der Waals surface area (Å²) in [5.74, 6) is -0.236. The van der Waals surface area contributed by atoms with E-state index in [0.717, 1.165) is 22.7 Å². The molecule has 26 heavy (non-hydrogen) atoms. The summed E-state index contributed by atoms with van der Waals surface area (Å²) in [4.78, 5) is 12.2. The Kier molecular flexibility index (Phi) is 7.16. The zero-order valence-corrected chi connectivity index (χ0v) is 17.2. The van der Waals surface area contributed by atoms with Gasteiger partial charge in [-0.1, -0.05) is 92.5 Å². The summed E-state index contributed by atoms with van der Waals surface area (Å²) < 4.78 is 5.42. The third-order valence-corrected chi connectivity index (χ3v) is 5.78. The molecule has 0 bridgehead atoms. The Hall–Kier alpha value is -2.39. The molecule has 0 unspecified atom stereocenters. The molecule has 3 heteroatoms. The highest BCUT2D eigenvalue weighted by Crippen LogP contribution is 2.23. The van der Waals surface area contributed by atoms with Crippen molar-refractivity contribution in [2.45, 2.75) is 32.6 Å². The molecule has 0 heterocycles. The van der Waals surface area contributed by atoms with Gasteiger partial charge in [-0.15, -0.1) is 0 Å². The molecule has 2 aromatic carbocycles. The van der Waals surface area contributed by atoms with Crippen molar-refractivity contribution in [3.63, 3.8) is 0 Å². The van der Waals surface area contributed by atoms with Crippen molar-refractivity contribution in [1.29, 1.82) is 0 Å². The maximum absolute atomic E-state index is 12.2. The number of esters is 1. The first kappa shape index (κ1) is 19.9. The fraction of sp³-hybridized carbons (Fsp3) is 0.261. The van der Waals surface area contributed by atoms with Gasteiger partial charge in [0.2, 0.25) is 0 Å². The Balaban J connectivity index is 2.19. The van der Waals surface area contributed by atoms with Crippen LogP contribution < -0.4 is 0 Å². The molecule has 0 aliphatic carbocycles. The van der Waals surface area contributed by atoms with Crippen LogP contribution >= 0.6 is 0 Å². The summed E-state index contributed by atoms with van der Waals surface area (Å²) in [5.41, 5.74) is 3.94. The van der Waals surface area contributed by atoms with Crippen LogP contribution in [0.15, 0.2) is 78.4 Å². The van der Waals surface area contributed by atoms with E-state index in [0.29, 0.717) is 12.2 Å². The van der Waals surface area contributed by atoms with Gasteiger partial charge in [-0.05, 0) is 29.7 Å². The Bertz CT molecular complexity index is 727. The lowest BCUT2D eigenvalue weighted by atomic mass is 9.97. The molecule has 2 rings (SSSR count). The molecule has 0 atom stereocenters. The van der Waals surface area contributed by atoms with Crippen molar-refractivity contribution in [2.24, 2.45) is 0 Å². The van der Waals surface area contributed by atoms with Crippen molar-refractivity contribution < 1.29 is 9.53 Å². The first-order valence-corrected chi connectivity index (χ1v) is 12.7. The van der Waals surface area contributed by atoms with Gasteiger partial charge in [0.1, 0.15) is 0 Å².